The Balaban J connectivity index is 1.87. The summed E-state index contributed by atoms with van der Waals surface area (Å²) in [7, 11) is 0. The molecule has 0 spiro atoms. The van der Waals surface area contributed by atoms with E-state index < -0.39 is 0 Å². The van der Waals surface area contributed by atoms with Gasteiger partial charge in [0.15, 0.2) is 5.65 Å². The van der Waals surface area contributed by atoms with Crippen molar-refractivity contribution in [1.82, 2.24) is 19.6 Å². The lowest BCUT2D eigenvalue weighted by atomic mass is 10.1. The van der Waals surface area contributed by atoms with Crippen molar-refractivity contribution >= 4 is 17.4 Å². The fourth-order valence-corrected chi connectivity index (χ4v) is 4.28. The maximum atomic E-state index is 6.55. The van der Waals surface area contributed by atoms with E-state index in [2.05, 4.69) is 35.8 Å². The molecule has 0 aromatic carbocycles. The largest absolute Gasteiger partial charge is 0.379 e. The van der Waals surface area contributed by atoms with Gasteiger partial charge in [-0.2, -0.15) is 5.10 Å². The van der Waals surface area contributed by atoms with Crippen LogP contribution in [0.2, 0.25) is 0 Å². The summed E-state index contributed by atoms with van der Waals surface area (Å²) in [5, 5.41) is 5.30. The third-order valence-corrected chi connectivity index (χ3v) is 6.31. The van der Waals surface area contributed by atoms with Crippen LogP contribution in [0.3, 0.4) is 0 Å². The molecule has 8 nitrogen and oxygen atoms in total. The Labute approximate surface area is 195 Å². The van der Waals surface area contributed by atoms with Crippen LogP contribution >= 0.6 is 11.8 Å². The Morgan fingerprint density at radius 3 is 2.34 bits per heavy atom. The molecule has 3 rings (SSSR count). The van der Waals surface area contributed by atoms with Gasteiger partial charge in [-0.15, -0.1) is 11.8 Å². The fourth-order valence-electron chi connectivity index (χ4n) is 3.81. The van der Waals surface area contributed by atoms with Crippen molar-refractivity contribution < 1.29 is 18.9 Å². The Hall–Kier alpha value is -1.26. The molecule has 1 fully saturated rings. The summed E-state index contributed by atoms with van der Waals surface area (Å²) in [6.07, 6.45) is 10.7. The van der Waals surface area contributed by atoms with Gasteiger partial charge in [-0.05, 0) is 25.5 Å². The molecular weight excluding hydrogens is 428 g/mol. The zero-order chi connectivity index (χ0) is 22.8. The van der Waals surface area contributed by atoms with Gasteiger partial charge in [0.05, 0.1) is 18.5 Å². The number of hydrogen-bond acceptors (Lipinski definition) is 8. The number of rotatable bonds is 15. The second kappa shape index (κ2) is 13.4. The second-order valence-electron chi connectivity index (χ2n) is 8.09. The molecule has 0 unspecified atom stereocenters. The average Bonchev–Trinajstić information content (AvgIpc) is 3.38. The van der Waals surface area contributed by atoms with Crippen molar-refractivity contribution in [3.63, 3.8) is 0 Å². The molecule has 0 saturated carbocycles. The highest BCUT2D eigenvalue weighted by atomic mass is 32.2. The van der Waals surface area contributed by atoms with E-state index in [1.165, 1.54) is 0 Å². The summed E-state index contributed by atoms with van der Waals surface area (Å²) in [6, 6.07) is 0. The number of thioether (sulfide) groups is 1. The molecule has 0 N–H and O–H groups in total. The minimum Gasteiger partial charge on any atom is -0.379 e. The first kappa shape index (κ1) is 25.4. The summed E-state index contributed by atoms with van der Waals surface area (Å²) >= 11 is 1.55. The minimum absolute atomic E-state index is 0.197. The van der Waals surface area contributed by atoms with Crippen molar-refractivity contribution in [2.45, 2.75) is 88.7 Å². The summed E-state index contributed by atoms with van der Waals surface area (Å²) in [4.78, 5) is 8.92. The lowest BCUT2D eigenvalue weighted by Crippen LogP contribution is -2.38. The predicted molar refractivity (Wildman–Crippen MR) is 125 cm³/mol. The van der Waals surface area contributed by atoms with Crippen LogP contribution in [-0.2, 0) is 18.9 Å². The first-order valence-electron chi connectivity index (χ1n) is 11.9. The number of imidazole rings is 1. The van der Waals surface area contributed by atoms with Gasteiger partial charge in [-0.3, -0.25) is 0 Å². The molecule has 3 heterocycles. The van der Waals surface area contributed by atoms with Crippen LogP contribution in [0.5, 0.6) is 0 Å². The van der Waals surface area contributed by atoms with Gasteiger partial charge in [0, 0.05) is 19.8 Å². The first-order chi connectivity index (χ1) is 15.7. The molecule has 0 radical (unpaired) electrons. The quantitative estimate of drug-likeness (QED) is 0.281. The van der Waals surface area contributed by atoms with E-state index in [4.69, 9.17) is 18.9 Å². The monoisotopic (exact) mass is 466 g/mol. The summed E-state index contributed by atoms with van der Waals surface area (Å²) in [6.45, 7) is 9.06. The van der Waals surface area contributed by atoms with Crippen molar-refractivity contribution in [1.29, 1.82) is 0 Å². The number of hydrogen-bond donors (Lipinski definition) is 0. The molecule has 1 saturated heterocycles. The summed E-state index contributed by atoms with van der Waals surface area (Å²) in [5.74, 6) is 0. The Bertz CT molecular complexity index is 805. The predicted octanol–water partition coefficient (Wildman–Crippen LogP) is 4.47. The van der Waals surface area contributed by atoms with Gasteiger partial charge in [0.25, 0.3) is 0 Å². The number of unbranched alkanes of at least 4 members (excludes halogenated alkanes) is 3. The fraction of sp³-hybridized carbons (Fsp3) is 0.783. The number of fused-ring (bicyclic) bond motifs is 1. The Kier molecular flexibility index (Phi) is 10.7. The average molecular weight is 467 g/mol. The van der Waals surface area contributed by atoms with E-state index in [1.54, 1.807) is 18.1 Å². The molecule has 2 aromatic heterocycles. The summed E-state index contributed by atoms with van der Waals surface area (Å²) < 4.78 is 27.1. The topological polar surface area (TPSA) is 80.0 Å². The van der Waals surface area contributed by atoms with Crippen LogP contribution in [0.1, 0.15) is 71.1 Å². The number of nitrogens with zero attached hydrogens (tertiary/aromatic N) is 4. The maximum absolute atomic E-state index is 6.55. The molecule has 4 atom stereocenters. The van der Waals surface area contributed by atoms with Gasteiger partial charge in [0.1, 0.15) is 35.8 Å². The highest BCUT2D eigenvalue weighted by molar-refractivity contribution is 7.98. The Morgan fingerprint density at radius 1 is 0.969 bits per heavy atom. The van der Waals surface area contributed by atoms with E-state index in [0.29, 0.717) is 19.8 Å². The maximum Gasteiger partial charge on any atom is 0.186 e. The molecule has 0 bridgehead atoms. The first-order valence-corrected chi connectivity index (χ1v) is 13.2. The standard InChI is InChI=1S/C23H38N4O4S/c1-5-8-11-28-15-18-20(29-12-9-6-2)21(30-13-10-7-3)19(31-18)17-14-24-22-23(32-4)25-16-26-27(17)22/h14,16,18-21H,5-13,15H2,1-4H3/t18-,19+,20-,21+/m1/s1. The molecule has 2 aromatic rings. The second-order valence-corrected chi connectivity index (χ2v) is 8.88. The lowest BCUT2D eigenvalue weighted by molar-refractivity contribution is -0.0795. The molecular formula is C23H38N4O4S. The Morgan fingerprint density at radius 2 is 1.66 bits per heavy atom. The smallest absolute Gasteiger partial charge is 0.186 e. The molecule has 0 amide bonds. The van der Waals surface area contributed by atoms with Crippen molar-refractivity contribution in [2.24, 2.45) is 0 Å². The highest BCUT2D eigenvalue weighted by Crippen LogP contribution is 2.38. The van der Waals surface area contributed by atoms with Gasteiger partial charge in [-0.25, -0.2) is 14.5 Å². The van der Waals surface area contributed by atoms with Crippen molar-refractivity contribution in [3.05, 3.63) is 18.2 Å². The van der Waals surface area contributed by atoms with E-state index in [1.807, 2.05) is 17.0 Å². The van der Waals surface area contributed by atoms with Crippen molar-refractivity contribution in [3.8, 4) is 0 Å². The van der Waals surface area contributed by atoms with Crippen LogP contribution in [0.15, 0.2) is 17.6 Å². The van der Waals surface area contributed by atoms with Crippen LogP contribution < -0.4 is 0 Å². The van der Waals surface area contributed by atoms with Gasteiger partial charge in [-0.1, -0.05) is 40.0 Å². The minimum atomic E-state index is -0.335. The molecule has 9 heteroatoms. The van der Waals surface area contributed by atoms with E-state index in [-0.39, 0.29) is 24.4 Å². The highest BCUT2D eigenvalue weighted by Gasteiger charge is 2.48. The van der Waals surface area contributed by atoms with Gasteiger partial charge >= 0.3 is 0 Å². The normalized spacial score (nSPS) is 23.4. The van der Waals surface area contributed by atoms with E-state index >= 15 is 0 Å². The van der Waals surface area contributed by atoms with Crippen LogP contribution in [0.25, 0.3) is 5.65 Å². The van der Waals surface area contributed by atoms with E-state index in [0.717, 1.165) is 61.5 Å². The van der Waals surface area contributed by atoms with E-state index in [9.17, 15) is 0 Å². The molecule has 180 valence electrons. The summed E-state index contributed by atoms with van der Waals surface area (Å²) in [5.41, 5.74) is 1.59. The van der Waals surface area contributed by atoms with Crippen LogP contribution in [-0.4, -0.2) is 70.6 Å². The lowest BCUT2D eigenvalue weighted by Gasteiger charge is -2.25. The molecule has 0 aliphatic carbocycles. The molecule has 32 heavy (non-hydrogen) atoms. The number of aromatic nitrogens is 4. The molecule has 1 aliphatic rings. The number of ether oxygens (including phenoxy) is 4. The van der Waals surface area contributed by atoms with Gasteiger partial charge < -0.3 is 18.9 Å². The zero-order valence-electron chi connectivity index (χ0n) is 19.9. The van der Waals surface area contributed by atoms with Crippen molar-refractivity contribution in [2.75, 3.05) is 32.7 Å². The molecule has 1 aliphatic heterocycles. The zero-order valence-corrected chi connectivity index (χ0v) is 20.7. The SMILES string of the molecule is CCCCOC[C@H]1O[C@@H](c2cnc3c(SC)ncnn23)[C@H](OCCCC)[C@@H]1OCCCC. The van der Waals surface area contributed by atoms with Gasteiger partial charge in [0.2, 0.25) is 0 Å². The third kappa shape index (κ3) is 6.20. The van der Waals surface area contributed by atoms with Crippen LogP contribution in [0.4, 0.5) is 0 Å². The van der Waals surface area contributed by atoms with Crippen LogP contribution in [0, 0.1) is 0 Å². The third-order valence-electron chi connectivity index (χ3n) is 5.63.